The zero-order chi connectivity index (χ0) is 21.2. The molecule has 30 heavy (non-hydrogen) atoms. The van der Waals surface area contributed by atoms with Gasteiger partial charge in [0.1, 0.15) is 0 Å². The molecule has 2 heterocycles. The molecule has 0 radical (unpaired) electrons. The molecule has 0 atom stereocenters. The number of esters is 1. The van der Waals surface area contributed by atoms with Crippen molar-refractivity contribution in [2.45, 2.75) is 58.3 Å². The number of ether oxygens (including phenoxy) is 3. The zero-order valence-electron chi connectivity index (χ0n) is 18.7. The lowest BCUT2D eigenvalue weighted by molar-refractivity contribution is -0.312. The number of rotatable bonds is 4. The van der Waals surface area contributed by atoms with E-state index in [-0.39, 0.29) is 17.2 Å². The minimum atomic E-state index is -0.325. The third-order valence-corrected chi connectivity index (χ3v) is 6.74. The Kier molecular flexibility index (Phi) is 6.37. The van der Waals surface area contributed by atoms with E-state index in [0.29, 0.717) is 18.2 Å². The summed E-state index contributed by atoms with van der Waals surface area (Å²) in [5.41, 5.74) is 1.93. The van der Waals surface area contributed by atoms with Crippen LogP contribution >= 0.6 is 0 Å². The van der Waals surface area contributed by atoms with Gasteiger partial charge in [-0.1, -0.05) is 13.8 Å². The zero-order valence-corrected chi connectivity index (χ0v) is 18.7. The Bertz CT molecular complexity index is 705. The summed E-state index contributed by atoms with van der Waals surface area (Å²) >= 11 is 0. The van der Waals surface area contributed by atoms with Crippen LogP contribution in [-0.2, 0) is 14.2 Å². The summed E-state index contributed by atoms with van der Waals surface area (Å²) in [5, 5.41) is 0. The molecule has 0 amide bonds. The Morgan fingerprint density at radius 3 is 2.20 bits per heavy atom. The molecule has 6 heteroatoms. The highest BCUT2D eigenvalue weighted by atomic mass is 16.7. The third-order valence-electron chi connectivity index (χ3n) is 6.74. The summed E-state index contributed by atoms with van der Waals surface area (Å²) in [6.07, 6.45) is 4.30. The maximum Gasteiger partial charge on any atom is 0.338 e. The summed E-state index contributed by atoms with van der Waals surface area (Å²) < 4.78 is 17.5. The number of hydrogen-bond donors (Lipinski definition) is 0. The van der Waals surface area contributed by atoms with Crippen molar-refractivity contribution in [2.75, 3.05) is 50.9 Å². The lowest BCUT2D eigenvalue weighted by Gasteiger charge is -2.49. The predicted octanol–water partition coefficient (Wildman–Crippen LogP) is 3.70. The van der Waals surface area contributed by atoms with E-state index in [1.807, 2.05) is 31.2 Å². The summed E-state index contributed by atoms with van der Waals surface area (Å²) in [7, 11) is 0. The van der Waals surface area contributed by atoms with Crippen LogP contribution in [0, 0.1) is 5.41 Å². The fourth-order valence-electron chi connectivity index (χ4n) is 4.80. The fourth-order valence-corrected chi connectivity index (χ4v) is 4.80. The van der Waals surface area contributed by atoms with Crippen LogP contribution in [0.25, 0.3) is 0 Å². The Morgan fingerprint density at radius 2 is 1.63 bits per heavy atom. The second-order valence-electron chi connectivity index (χ2n) is 9.67. The standard InChI is InChI=1S/C24H36N2O4/c1-4-28-22(27)19-5-7-20(8-6-19)25-13-15-26(16-14-25)21-9-11-24(12-10-21)29-17-23(2,3)18-30-24/h5-8,21H,4,9-18H2,1-3H3. The van der Waals surface area contributed by atoms with Gasteiger partial charge in [0.25, 0.3) is 0 Å². The van der Waals surface area contributed by atoms with Crippen LogP contribution < -0.4 is 4.90 Å². The van der Waals surface area contributed by atoms with Crippen LogP contribution in [0.1, 0.15) is 56.8 Å². The van der Waals surface area contributed by atoms with Crippen LogP contribution in [0.3, 0.4) is 0 Å². The van der Waals surface area contributed by atoms with Crippen LogP contribution in [0.15, 0.2) is 24.3 Å². The van der Waals surface area contributed by atoms with Gasteiger partial charge < -0.3 is 19.1 Å². The molecule has 166 valence electrons. The van der Waals surface area contributed by atoms with Crippen LogP contribution in [-0.4, -0.2) is 68.7 Å². The van der Waals surface area contributed by atoms with Gasteiger partial charge in [0.2, 0.25) is 0 Å². The Labute approximate surface area is 180 Å². The minimum Gasteiger partial charge on any atom is -0.462 e. The molecule has 3 fully saturated rings. The summed E-state index contributed by atoms with van der Waals surface area (Å²) in [4.78, 5) is 16.9. The molecule has 0 aromatic heterocycles. The van der Waals surface area contributed by atoms with Gasteiger partial charge in [-0.05, 0) is 44.0 Å². The molecule has 3 aliphatic rings. The second kappa shape index (κ2) is 8.85. The highest BCUT2D eigenvalue weighted by Crippen LogP contribution is 2.40. The average Bonchev–Trinajstić information content (AvgIpc) is 2.77. The van der Waals surface area contributed by atoms with E-state index in [2.05, 4.69) is 23.6 Å². The van der Waals surface area contributed by atoms with E-state index in [9.17, 15) is 4.79 Å². The molecule has 1 spiro atoms. The van der Waals surface area contributed by atoms with Crippen molar-refractivity contribution in [1.29, 1.82) is 0 Å². The Morgan fingerprint density at radius 1 is 1.03 bits per heavy atom. The number of carbonyl (C=O) groups is 1. The van der Waals surface area contributed by atoms with Crippen LogP contribution in [0.5, 0.6) is 0 Å². The molecular formula is C24H36N2O4. The first-order chi connectivity index (χ1) is 14.4. The van der Waals surface area contributed by atoms with Crippen molar-refractivity contribution in [3.05, 3.63) is 29.8 Å². The Hall–Kier alpha value is -1.63. The molecule has 0 bridgehead atoms. The first kappa shape index (κ1) is 21.6. The molecule has 6 nitrogen and oxygen atoms in total. The van der Waals surface area contributed by atoms with Crippen molar-refractivity contribution >= 4 is 11.7 Å². The van der Waals surface area contributed by atoms with Crippen molar-refractivity contribution in [3.63, 3.8) is 0 Å². The van der Waals surface area contributed by atoms with Gasteiger partial charge in [-0.15, -0.1) is 0 Å². The lowest BCUT2D eigenvalue weighted by atomic mass is 9.86. The van der Waals surface area contributed by atoms with E-state index in [0.717, 1.165) is 65.1 Å². The summed E-state index contributed by atoms with van der Waals surface area (Å²) in [6.45, 7) is 12.4. The molecule has 1 aliphatic carbocycles. The normalized spacial score (nSPS) is 24.7. The maximum atomic E-state index is 11.8. The van der Waals surface area contributed by atoms with Gasteiger partial charge in [0.05, 0.1) is 25.4 Å². The molecule has 1 saturated carbocycles. The number of benzene rings is 1. The van der Waals surface area contributed by atoms with Crippen LogP contribution in [0.2, 0.25) is 0 Å². The molecule has 1 aromatic rings. The monoisotopic (exact) mass is 416 g/mol. The van der Waals surface area contributed by atoms with Gasteiger partial charge >= 0.3 is 5.97 Å². The lowest BCUT2D eigenvalue weighted by Crippen LogP contribution is -2.55. The van der Waals surface area contributed by atoms with E-state index in [4.69, 9.17) is 14.2 Å². The van der Waals surface area contributed by atoms with Gasteiger partial charge in [-0.25, -0.2) is 4.79 Å². The van der Waals surface area contributed by atoms with Gasteiger partial charge in [0, 0.05) is 56.2 Å². The Balaban J connectivity index is 1.25. The highest BCUT2D eigenvalue weighted by Gasteiger charge is 2.44. The number of hydrogen-bond acceptors (Lipinski definition) is 6. The molecule has 2 aliphatic heterocycles. The predicted molar refractivity (Wildman–Crippen MR) is 117 cm³/mol. The summed E-state index contributed by atoms with van der Waals surface area (Å²) in [6, 6.07) is 8.43. The molecule has 0 unspecified atom stereocenters. The number of piperazine rings is 1. The maximum absolute atomic E-state index is 11.8. The number of anilines is 1. The SMILES string of the molecule is CCOC(=O)c1ccc(N2CCN(C3CCC4(CC3)OCC(C)(C)CO4)CC2)cc1. The van der Waals surface area contributed by atoms with Crippen molar-refractivity contribution < 1.29 is 19.0 Å². The topological polar surface area (TPSA) is 51.2 Å². The van der Waals surface area contributed by atoms with E-state index < -0.39 is 0 Å². The largest absolute Gasteiger partial charge is 0.462 e. The molecule has 1 aromatic carbocycles. The smallest absolute Gasteiger partial charge is 0.338 e. The van der Waals surface area contributed by atoms with E-state index in [1.54, 1.807) is 0 Å². The molecule has 0 N–H and O–H groups in total. The second-order valence-corrected chi connectivity index (χ2v) is 9.67. The number of nitrogens with zero attached hydrogens (tertiary/aromatic N) is 2. The van der Waals surface area contributed by atoms with Gasteiger partial charge in [-0.2, -0.15) is 0 Å². The quantitative estimate of drug-likeness (QED) is 0.698. The first-order valence-electron chi connectivity index (χ1n) is 11.4. The van der Waals surface area contributed by atoms with Crippen molar-refractivity contribution in [1.82, 2.24) is 4.90 Å². The van der Waals surface area contributed by atoms with Gasteiger partial charge in [0.15, 0.2) is 5.79 Å². The number of carbonyl (C=O) groups excluding carboxylic acids is 1. The first-order valence-corrected chi connectivity index (χ1v) is 11.4. The fraction of sp³-hybridized carbons (Fsp3) is 0.708. The molecule has 2 saturated heterocycles. The van der Waals surface area contributed by atoms with Crippen molar-refractivity contribution in [2.24, 2.45) is 5.41 Å². The third kappa shape index (κ3) is 4.82. The molecular weight excluding hydrogens is 380 g/mol. The molecule has 4 rings (SSSR count). The van der Waals surface area contributed by atoms with Crippen molar-refractivity contribution in [3.8, 4) is 0 Å². The highest BCUT2D eigenvalue weighted by molar-refractivity contribution is 5.89. The van der Waals surface area contributed by atoms with E-state index >= 15 is 0 Å². The van der Waals surface area contributed by atoms with E-state index in [1.165, 1.54) is 5.69 Å². The van der Waals surface area contributed by atoms with Gasteiger partial charge in [-0.3, -0.25) is 4.90 Å². The average molecular weight is 417 g/mol. The summed E-state index contributed by atoms with van der Waals surface area (Å²) in [5.74, 6) is -0.576. The minimum absolute atomic E-state index is 0.132. The van der Waals surface area contributed by atoms with Crippen LogP contribution in [0.4, 0.5) is 5.69 Å².